The molecule has 0 bridgehead atoms. The molecule has 6 heterocycles. The van der Waals surface area contributed by atoms with Crippen LogP contribution in [0.5, 0.6) is 0 Å². The Kier molecular flexibility index (Phi) is 17.2. The predicted octanol–water partition coefficient (Wildman–Crippen LogP) is 35.7. The maximum Gasteiger partial charge on any atom is 0.143 e. The van der Waals surface area contributed by atoms with E-state index in [2.05, 4.69) is 394 Å². The van der Waals surface area contributed by atoms with Crippen molar-refractivity contribution in [2.24, 2.45) is 0 Å². The molecule has 20 aromatic carbocycles. The number of anilines is 6. The van der Waals surface area contributed by atoms with Crippen molar-refractivity contribution in [3.8, 4) is 89.0 Å². The Labute approximate surface area is 753 Å². The predicted molar refractivity (Wildman–Crippen MR) is 542 cm³/mol. The molecule has 8 heteroatoms. The first-order chi connectivity index (χ1) is 64.6. The third kappa shape index (κ3) is 12.7. The summed E-state index contributed by atoms with van der Waals surface area (Å²) in [6.07, 6.45) is 0. The molecule has 0 fully saturated rings. The Morgan fingerprint density at radius 1 is 0.153 bits per heavy atom. The van der Waals surface area contributed by atoms with Crippen LogP contribution in [0.4, 0.5) is 34.1 Å². The van der Waals surface area contributed by atoms with E-state index < -0.39 is 0 Å². The summed E-state index contributed by atoms with van der Waals surface area (Å²) >= 11 is 0. The van der Waals surface area contributed by atoms with Crippen LogP contribution in [0.1, 0.15) is 25.0 Å². The standard InChI is InChI=1S/C63H41NO3.C60H37NO3/c1-63(2)55-36-42(46-13-9-14-52-49-10-3-8-17-59(49)67-62(46)52)22-30-47(55)48-31-29-45(37-56(48)63)64(43-25-18-38(19-26-43)40-23-32-60-53(34-40)50-11-4-6-15-57(50)65-60)44-27-20-39(21-28-44)41-24-33-61-54(35-41)51-12-5-7-16-58(51)66-61;1-6-15-57-49(8-1)52-12-7-11-48(60(52)64-57)42-18-16-38(17-19-42)39-20-28-45(29-21-39)61(46-30-22-40(23-31-46)43-26-34-58-53(36-43)50-9-2-4-13-55(50)62-58)47-32-24-41(25-33-47)44-27-35-59-54(37-44)51-10-3-5-14-56(51)63-59/h3-37H,1-2H3;1-37H. The van der Waals surface area contributed by atoms with Crippen LogP contribution in [0.15, 0.2) is 463 Å². The topological polar surface area (TPSA) is 85.3 Å². The van der Waals surface area contributed by atoms with Crippen molar-refractivity contribution in [2.75, 3.05) is 9.80 Å². The molecular weight excluding hydrogens is 1600 g/mol. The van der Waals surface area contributed by atoms with Crippen LogP contribution < -0.4 is 9.80 Å². The van der Waals surface area contributed by atoms with Crippen molar-refractivity contribution in [3.63, 3.8) is 0 Å². The van der Waals surface area contributed by atoms with Gasteiger partial charge in [-0.2, -0.15) is 0 Å². The lowest BCUT2D eigenvalue weighted by Gasteiger charge is -2.28. The van der Waals surface area contributed by atoms with Gasteiger partial charge in [0, 0.05) is 115 Å². The van der Waals surface area contributed by atoms with Gasteiger partial charge in [0.1, 0.15) is 67.0 Å². The minimum absolute atomic E-state index is 0.260. The van der Waals surface area contributed by atoms with Crippen molar-refractivity contribution in [1.29, 1.82) is 0 Å². The first kappa shape index (κ1) is 75.2. The van der Waals surface area contributed by atoms with Crippen LogP contribution in [0.2, 0.25) is 0 Å². The lowest BCUT2D eigenvalue weighted by molar-refractivity contribution is 0.660. The zero-order valence-electron chi connectivity index (χ0n) is 71.4. The summed E-state index contributed by atoms with van der Waals surface area (Å²) in [6, 6.07) is 156. The molecule has 0 N–H and O–H groups in total. The second-order valence-electron chi connectivity index (χ2n) is 34.9. The highest BCUT2D eigenvalue weighted by Gasteiger charge is 2.37. The van der Waals surface area contributed by atoms with E-state index in [9.17, 15) is 0 Å². The Bertz CT molecular complexity index is 8740. The summed E-state index contributed by atoms with van der Waals surface area (Å²) in [6.45, 7) is 4.72. The number of benzene rings is 20. The summed E-state index contributed by atoms with van der Waals surface area (Å²) in [5.74, 6) is 0. The molecule has 0 radical (unpaired) electrons. The summed E-state index contributed by atoms with van der Waals surface area (Å²) in [5, 5.41) is 13.6. The normalized spacial score (nSPS) is 12.4. The maximum absolute atomic E-state index is 6.51. The molecule has 27 rings (SSSR count). The summed E-state index contributed by atoms with van der Waals surface area (Å²) < 4.78 is 37.5. The number of rotatable bonds is 13. The Hall–Kier alpha value is -17.2. The Morgan fingerprint density at radius 3 is 0.725 bits per heavy atom. The van der Waals surface area contributed by atoms with E-state index in [0.29, 0.717) is 0 Å². The molecule has 1 aliphatic carbocycles. The zero-order valence-corrected chi connectivity index (χ0v) is 71.4. The van der Waals surface area contributed by atoms with E-state index >= 15 is 0 Å². The van der Waals surface area contributed by atoms with Gasteiger partial charge in [0.2, 0.25) is 0 Å². The molecule has 0 aliphatic heterocycles. The third-order valence-electron chi connectivity index (χ3n) is 27.0. The molecule has 6 aromatic heterocycles. The number of nitrogens with zero attached hydrogens (tertiary/aromatic N) is 2. The van der Waals surface area contributed by atoms with Gasteiger partial charge in [-0.05, 0) is 253 Å². The summed E-state index contributed by atoms with van der Waals surface area (Å²) in [5.41, 5.74) is 38.2. The first-order valence-electron chi connectivity index (χ1n) is 44.6. The second-order valence-corrected chi connectivity index (χ2v) is 34.9. The fourth-order valence-corrected chi connectivity index (χ4v) is 20.4. The first-order valence-corrected chi connectivity index (χ1v) is 44.6. The van der Waals surface area contributed by atoms with Gasteiger partial charge in [-0.25, -0.2) is 0 Å². The Balaban J connectivity index is 0.000000138. The Morgan fingerprint density at radius 2 is 0.382 bits per heavy atom. The molecule has 0 saturated carbocycles. The highest BCUT2D eigenvalue weighted by Crippen LogP contribution is 2.54. The molecule has 616 valence electrons. The molecule has 0 spiro atoms. The highest BCUT2D eigenvalue weighted by atomic mass is 16.3. The van der Waals surface area contributed by atoms with Gasteiger partial charge in [-0.1, -0.05) is 287 Å². The average Bonchev–Trinajstić information content (AvgIpc) is 1.56. The van der Waals surface area contributed by atoms with Gasteiger partial charge >= 0.3 is 0 Å². The quantitative estimate of drug-likeness (QED) is 0.113. The van der Waals surface area contributed by atoms with E-state index in [-0.39, 0.29) is 5.41 Å². The van der Waals surface area contributed by atoms with Gasteiger partial charge in [0.05, 0.1) is 0 Å². The maximum atomic E-state index is 6.51. The largest absolute Gasteiger partial charge is 0.456 e. The van der Waals surface area contributed by atoms with Crippen LogP contribution in [0, 0.1) is 0 Å². The molecule has 0 atom stereocenters. The van der Waals surface area contributed by atoms with Crippen LogP contribution in [0.25, 0.3) is 221 Å². The smallest absolute Gasteiger partial charge is 0.143 e. The molecule has 0 saturated heterocycles. The van der Waals surface area contributed by atoms with Gasteiger partial charge in [0.25, 0.3) is 0 Å². The minimum atomic E-state index is -0.260. The van der Waals surface area contributed by atoms with E-state index in [1.165, 1.54) is 22.3 Å². The van der Waals surface area contributed by atoms with E-state index in [1.807, 2.05) is 66.7 Å². The third-order valence-corrected chi connectivity index (χ3v) is 27.0. The van der Waals surface area contributed by atoms with Crippen molar-refractivity contribution in [3.05, 3.63) is 448 Å². The molecule has 131 heavy (non-hydrogen) atoms. The number of para-hydroxylation sites is 8. The van der Waals surface area contributed by atoms with Crippen LogP contribution in [0.3, 0.4) is 0 Å². The van der Waals surface area contributed by atoms with Crippen LogP contribution in [-0.2, 0) is 5.41 Å². The number of furan rings is 6. The van der Waals surface area contributed by atoms with E-state index in [0.717, 1.165) is 244 Å². The van der Waals surface area contributed by atoms with E-state index in [4.69, 9.17) is 26.5 Å². The average molecular weight is 1680 g/mol. The molecule has 8 nitrogen and oxygen atoms in total. The second kappa shape index (κ2) is 30.0. The zero-order chi connectivity index (χ0) is 86.5. The van der Waals surface area contributed by atoms with Crippen LogP contribution in [-0.4, -0.2) is 0 Å². The number of hydrogen-bond donors (Lipinski definition) is 0. The van der Waals surface area contributed by atoms with E-state index in [1.54, 1.807) is 0 Å². The van der Waals surface area contributed by atoms with Crippen LogP contribution >= 0.6 is 0 Å². The summed E-state index contributed by atoms with van der Waals surface area (Å²) in [7, 11) is 0. The fraction of sp³-hybridized carbons (Fsp3) is 0.0244. The molecule has 1 aliphatic rings. The highest BCUT2D eigenvalue weighted by molar-refractivity contribution is 6.14. The molecular formula is C123H78N2O6. The van der Waals surface area contributed by atoms with Gasteiger partial charge < -0.3 is 36.3 Å². The van der Waals surface area contributed by atoms with Crippen molar-refractivity contribution >= 4 is 166 Å². The minimum Gasteiger partial charge on any atom is -0.456 e. The van der Waals surface area contributed by atoms with Crippen molar-refractivity contribution in [1.82, 2.24) is 0 Å². The lowest BCUT2D eigenvalue weighted by Crippen LogP contribution is -2.16. The van der Waals surface area contributed by atoms with Gasteiger partial charge in [-0.15, -0.1) is 0 Å². The molecule has 0 amide bonds. The number of hydrogen-bond acceptors (Lipinski definition) is 8. The fourth-order valence-electron chi connectivity index (χ4n) is 20.4. The molecule has 0 unspecified atom stereocenters. The van der Waals surface area contributed by atoms with Crippen molar-refractivity contribution < 1.29 is 26.5 Å². The van der Waals surface area contributed by atoms with Crippen molar-refractivity contribution in [2.45, 2.75) is 19.3 Å². The monoisotopic (exact) mass is 1680 g/mol. The SMILES string of the molecule is CC1(C)c2cc(-c3cccc4c3oc3ccccc34)ccc2-c2ccc(N(c3ccc(-c4ccc5oc6ccccc6c5c4)cc3)c3ccc(-c4ccc5oc6ccccc6c5c4)cc3)cc21.c1ccc2c(c1)oc1ccc(-c3ccc(N(c4ccc(-c5ccc(-c6cccc7c6oc6ccccc67)cc5)cc4)c4ccc(-c5ccc6oc7ccccc7c6c5)cc4)cc3)cc12. The lowest BCUT2D eigenvalue weighted by atomic mass is 9.81. The molecule has 26 aromatic rings. The van der Waals surface area contributed by atoms with Gasteiger partial charge in [-0.3, -0.25) is 0 Å². The summed E-state index contributed by atoms with van der Waals surface area (Å²) in [4.78, 5) is 4.72. The van der Waals surface area contributed by atoms with Gasteiger partial charge in [0.15, 0.2) is 0 Å². The number of fused-ring (bicyclic) bond motifs is 21.